The summed E-state index contributed by atoms with van der Waals surface area (Å²) in [6.07, 6.45) is 5.78. The number of benzene rings is 2. The van der Waals surface area contributed by atoms with Crippen molar-refractivity contribution in [2.24, 2.45) is 0 Å². The molecule has 0 spiro atoms. The van der Waals surface area contributed by atoms with E-state index in [1.54, 1.807) is 0 Å². The molecule has 4 rings (SSSR count). The highest BCUT2D eigenvalue weighted by Gasteiger charge is 2.23. The number of fused-ring (bicyclic) bond motifs is 1. The van der Waals surface area contributed by atoms with E-state index >= 15 is 0 Å². The third kappa shape index (κ3) is 5.63. The van der Waals surface area contributed by atoms with Crippen molar-refractivity contribution in [2.75, 3.05) is 18.1 Å². The lowest BCUT2D eigenvalue weighted by Gasteiger charge is -2.31. The molecule has 176 valence electrons. The number of thiazole rings is 1. The van der Waals surface area contributed by atoms with Crippen molar-refractivity contribution in [3.8, 4) is 6.07 Å². The topological polar surface area (TPSA) is 69.0 Å². The quantitative estimate of drug-likeness (QED) is 0.371. The van der Waals surface area contributed by atoms with Gasteiger partial charge in [-0.15, -0.1) is 11.3 Å². The number of allylic oxidation sites excluding steroid dienone is 1. The minimum atomic E-state index is 0.0958. The molecule has 0 atom stereocenters. The summed E-state index contributed by atoms with van der Waals surface area (Å²) < 4.78 is 1.04. The lowest BCUT2D eigenvalue weighted by molar-refractivity contribution is -0.129. The average Bonchev–Trinajstić information content (AvgIpc) is 3.28. The van der Waals surface area contributed by atoms with Crippen molar-refractivity contribution < 1.29 is 4.79 Å². The first-order chi connectivity index (χ1) is 16.5. The summed E-state index contributed by atoms with van der Waals surface area (Å²) in [4.78, 5) is 19.7. The first kappa shape index (κ1) is 24.3. The molecule has 2 aromatic carbocycles. The smallest absolute Gasteiger partial charge is 0.232 e. The molecule has 1 amide bonds. The molecule has 0 aliphatic heterocycles. The number of thioether (sulfide) groups is 1. The Morgan fingerprint density at radius 1 is 1.21 bits per heavy atom. The molecule has 0 bridgehead atoms. The van der Waals surface area contributed by atoms with Gasteiger partial charge in [0.25, 0.3) is 0 Å². The highest BCUT2D eigenvalue weighted by atomic mass is 32.2. The number of nitriles is 1. The van der Waals surface area contributed by atoms with Gasteiger partial charge < -0.3 is 10.2 Å². The van der Waals surface area contributed by atoms with Crippen LogP contribution >= 0.6 is 23.1 Å². The Bertz CT molecular complexity index is 1220. The van der Waals surface area contributed by atoms with E-state index in [1.165, 1.54) is 47.9 Å². The summed E-state index contributed by atoms with van der Waals surface area (Å²) in [7, 11) is 1.92. The summed E-state index contributed by atoms with van der Waals surface area (Å²) >= 11 is 2.89. The Morgan fingerprint density at radius 2 is 1.97 bits per heavy atom. The lowest BCUT2D eigenvalue weighted by Crippen LogP contribution is -2.39. The van der Waals surface area contributed by atoms with Crippen LogP contribution in [0.1, 0.15) is 48.2 Å². The number of carbonyl (C=O) groups excluding carboxylic acids is 1. The molecular weight excluding hydrogens is 460 g/mol. The van der Waals surface area contributed by atoms with E-state index in [2.05, 4.69) is 24.4 Å². The molecule has 3 aromatic rings. The molecule has 0 saturated heterocycles. The molecule has 1 saturated carbocycles. The summed E-state index contributed by atoms with van der Waals surface area (Å²) in [5.41, 5.74) is 4.54. The molecule has 1 N–H and O–H groups in total. The van der Waals surface area contributed by atoms with Crippen LogP contribution < -0.4 is 5.32 Å². The summed E-state index contributed by atoms with van der Waals surface area (Å²) in [6.45, 7) is 4.10. The van der Waals surface area contributed by atoms with Gasteiger partial charge in [-0.2, -0.15) is 5.26 Å². The fourth-order valence-electron chi connectivity index (χ4n) is 4.33. The van der Waals surface area contributed by atoms with Crippen LogP contribution in [0.15, 0.2) is 47.5 Å². The Balaban J connectivity index is 1.64. The highest BCUT2D eigenvalue weighted by molar-refractivity contribution is 8.04. The average molecular weight is 491 g/mol. The number of nitrogens with one attached hydrogen (secondary N) is 1. The van der Waals surface area contributed by atoms with Crippen molar-refractivity contribution >= 4 is 50.5 Å². The van der Waals surface area contributed by atoms with Gasteiger partial charge in [-0.1, -0.05) is 60.9 Å². The Hall–Kier alpha value is -2.82. The van der Waals surface area contributed by atoms with E-state index in [-0.39, 0.29) is 11.7 Å². The molecular formula is C27H30N4OS2. The number of carbonyl (C=O) groups is 1. The maximum absolute atomic E-state index is 13.1. The van der Waals surface area contributed by atoms with E-state index in [9.17, 15) is 10.1 Å². The predicted octanol–water partition coefficient (Wildman–Crippen LogP) is 6.74. The molecule has 7 heteroatoms. The van der Waals surface area contributed by atoms with E-state index in [0.29, 0.717) is 21.7 Å². The second-order valence-corrected chi connectivity index (χ2v) is 10.8. The third-order valence-electron chi connectivity index (χ3n) is 6.33. The Morgan fingerprint density at radius 3 is 2.68 bits per heavy atom. The number of rotatable bonds is 7. The van der Waals surface area contributed by atoms with E-state index in [0.717, 1.165) is 34.3 Å². The molecule has 1 aliphatic carbocycles. The van der Waals surface area contributed by atoms with Crippen LogP contribution in [0.5, 0.6) is 0 Å². The maximum Gasteiger partial charge on any atom is 0.232 e. The number of amides is 1. The number of aryl methyl sites for hydroxylation is 2. The molecule has 1 aliphatic rings. The van der Waals surface area contributed by atoms with Crippen LogP contribution in [0.4, 0.5) is 5.69 Å². The number of hydrogen-bond acceptors (Lipinski definition) is 6. The van der Waals surface area contributed by atoms with Gasteiger partial charge in [0.2, 0.25) is 5.91 Å². The molecule has 1 heterocycles. The van der Waals surface area contributed by atoms with Gasteiger partial charge in [0.15, 0.2) is 0 Å². The van der Waals surface area contributed by atoms with E-state index in [4.69, 9.17) is 4.98 Å². The molecule has 5 nitrogen and oxygen atoms in total. The van der Waals surface area contributed by atoms with Crippen molar-refractivity contribution in [3.63, 3.8) is 0 Å². The standard InChI is InChI=1S/C27H30N4OS2/c1-18-13-14-22(19(2)15-18)29-26(33-17-25(32)31(3)20-9-5-4-6-10-20)21(16-28)27-30-23-11-7-8-12-24(23)34-27/h7-8,11-15,20,29H,4-6,9-10,17H2,1-3H3/b26-21+. The largest absolute Gasteiger partial charge is 0.349 e. The van der Waals surface area contributed by atoms with Crippen LogP contribution in [0.25, 0.3) is 15.8 Å². The zero-order valence-electron chi connectivity index (χ0n) is 19.9. The zero-order chi connectivity index (χ0) is 24.1. The fraction of sp³-hybridized carbons (Fsp3) is 0.370. The molecule has 0 unspecified atom stereocenters. The number of para-hydroxylation sites is 1. The Labute approximate surface area is 209 Å². The third-order valence-corrected chi connectivity index (χ3v) is 8.37. The minimum Gasteiger partial charge on any atom is -0.349 e. The van der Waals surface area contributed by atoms with Crippen LogP contribution in [0.2, 0.25) is 0 Å². The monoisotopic (exact) mass is 490 g/mol. The first-order valence-electron chi connectivity index (χ1n) is 11.7. The van der Waals surface area contributed by atoms with Gasteiger partial charge in [-0.3, -0.25) is 4.79 Å². The molecule has 34 heavy (non-hydrogen) atoms. The van der Waals surface area contributed by atoms with Crippen LogP contribution in [-0.2, 0) is 4.79 Å². The number of anilines is 1. The van der Waals surface area contributed by atoms with Crippen LogP contribution in [0, 0.1) is 25.2 Å². The maximum atomic E-state index is 13.1. The number of hydrogen-bond donors (Lipinski definition) is 1. The first-order valence-corrected chi connectivity index (χ1v) is 13.5. The number of aromatic nitrogens is 1. The predicted molar refractivity (Wildman–Crippen MR) is 144 cm³/mol. The normalized spacial score (nSPS) is 15.0. The second-order valence-electron chi connectivity index (χ2n) is 8.83. The van der Waals surface area contributed by atoms with Crippen molar-refractivity contribution in [1.82, 2.24) is 9.88 Å². The minimum absolute atomic E-state index is 0.0958. The van der Waals surface area contributed by atoms with E-state index < -0.39 is 0 Å². The molecule has 1 aromatic heterocycles. The van der Waals surface area contributed by atoms with Gasteiger partial charge in [0.1, 0.15) is 16.6 Å². The fourth-order valence-corrected chi connectivity index (χ4v) is 6.30. The molecule has 1 fully saturated rings. The van der Waals surface area contributed by atoms with Gasteiger partial charge in [-0.25, -0.2) is 4.98 Å². The highest BCUT2D eigenvalue weighted by Crippen LogP contribution is 2.34. The Kier molecular flexibility index (Phi) is 7.91. The molecule has 0 radical (unpaired) electrons. The van der Waals surface area contributed by atoms with E-state index in [1.807, 2.05) is 55.3 Å². The SMILES string of the molecule is Cc1ccc(N/C(SCC(=O)N(C)C2CCCCC2)=C(/C#N)c2nc3ccccc3s2)c(C)c1. The van der Waals surface area contributed by atoms with Crippen molar-refractivity contribution in [1.29, 1.82) is 5.26 Å². The summed E-state index contributed by atoms with van der Waals surface area (Å²) in [6, 6.07) is 16.8. The zero-order valence-corrected chi connectivity index (χ0v) is 21.6. The van der Waals surface area contributed by atoms with Gasteiger partial charge >= 0.3 is 0 Å². The van der Waals surface area contributed by atoms with Gasteiger partial charge in [-0.05, 0) is 50.5 Å². The van der Waals surface area contributed by atoms with Crippen LogP contribution in [-0.4, -0.2) is 34.6 Å². The second kappa shape index (κ2) is 11.1. The lowest BCUT2D eigenvalue weighted by atomic mass is 9.94. The van der Waals surface area contributed by atoms with Crippen molar-refractivity contribution in [3.05, 3.63) is 63.6 Å². The summed E-state index contributed by atoms with van der Waals surface area (Å²) in [5.74, 6) is 0.370. The van der Waals surface area contributed by atoms with Crippen molar-refractivity contribution in [2.45, 2.75) is 52.0 Å². The number of nitrogens with zero attached hydrogens (tertiary/aromatic N) is 3. The van der Waals surface area contributed by atoms with Gasteiger partial charge in [0, 0.05) is 18.8 Å². The summed E-state index contributed by atoms with van der Waals surface area (Å²) in [5, 5.41) is 14.9. The van der Waals surface area contributed by atoms with Crippen LogP contribution in [0.3, 0.4) is 0 Å². The van der Waals surface area contributed by atoms with Gasteiger partial charge in [0.05, 0.1) is 21.0 Å².